The monoisotopic (exact) mass is 273 g/mol. The summed E-state index contributed by atoms with van der Waals surface area (Å²) in [5.74, 6) is 0.943. The van der Waals surface area contributed by atoms with Crippen molar-refractivity contribution >= 4 is 0 Å². The summed E-state index contributed by atoms with van der Waals surface area (Å²) in [5.41, 5.74) is 3.62. The number of ether oxygens (including phenoxy) is 1. The lowest BCUT2D eigenvalue weighted by molar-refractivity contribution is 0.409. The number of methoxy groups -OCH3 is 1. The first-order valence-electron chi connectivity index (χ1n) is 7.13. The normalized spacial score (nSPS) is 12.3. The van der Waals surface area contributed by atoms with Gasteiger partial charge in [-0.25, -0.2) is 0 Å². The maximum atomic E-state index is 5.43. The molecule has 108 valence electrons. The molecule has 0 aliphatic carbocycles. The second-order valence-corrected chi connectivity index (χ2v) is 5.07. The molecule has 0 aliphatic rings. The summed E-state index contributed by atoms with van der Waals surface area (Å²) in [7, 11) is 1.72. The Labute approximate surface area is 121 Å². The topological polar surface area (TPSA) is 34.4 Å². The first-order valence-corrected chi connectivity index (χ1v) is 7.13. The first kappa shape index (κ1) is 14.7. The lowest BCUT2D eigenvalue weighted by atomic mass is 9.98. The Morgan fingerprint density at radius 1 is 1.30 bits per heavy atom. The van der Waals surface area contributed by atoms with Gasteiger partial charge in [0, 0.05) is 6.04 Å². The van der Waals surface area contributed by atoms with Crippen molar-refractivity contribution in [2.75, 3.05) is 13.7 Å². The molecule has 1 heterocycles. The number of rotatable bonds is 7. The zero-order valence-corrected chi connectivity index (χ0v) is 12.5. The van der Waals surface area contributed by atoms with E-state index in [9.17, 15) is 0 Å². The van der Waals surface area contributed by atoms with Gasteiger partial charge in [-0.2, -0.15) is 0 Å². The van der Waals surface area contributed by atoms with Crippen LogP contribution in [0, 0.1) is 6.92 Å². The molecule has 20 heavy (non-hydrogen) atoms. The number of nitrogens with one attached hydrogen (secondary N) is 1. The van der Waals surface area contributed by atoms with Gasteiger partial charge in [0.15, 0.2) is 0 Å². The number of hydrogen-bond acceptors (Lipinski definition) is 3. The summed E-state index contributed by atoms with van der Waals surface area (Å²) in [6, 6.07) is 8.71. The Morgan fingerprint density at radius 2 is 2.15 bits per heavy atom. The Kier molecular flexibility index (Phi) is 5.24. The minimum absolute atomic E-state index is 0.280. The van der Waals surface area contributed by atoms with Gasteiger partial charge in [-0.05, 0) is 55.1 Å². The van der Waals surface area contributed by atoms with Crippen LogP contribution in [0.3, 0.4) is 0 Å². The molecule has 2 aromatic rings. The van der Waals surface area contributed by atoms with Gasteiger partial charge in [-0.1, -0.05) is 19.1 Å². The average Bonchev–Trinajstić information content (AvgIpc) is 2.97. The molecule has 0 bridgehead atoms. The summed E-state index contributed by atoms with van der Waals surface area (Å²) in [5, 5.41) is 3.60. The quantitative estimate of drug-likeness (QED) is 0.831. The molecule has 3 heteroatoms. The van der Waals surface area contributed by atoms with E-state index in [1.165, 1.54) is 11.1 Å². The van der Waals surface area contributed by atoms with Crippen LogP contribution < -0.4 is 10.1 Å². The van der Waals surface area contributed by atoms with Crippen LogP contribution in [0.25, 0.3) is 0 Å². The fourth-order valence-corrected chi connectivity index (χ4v) is 2.32. The van der Waals surface area contributed by atoms with E-state index in [-0.39, 0.29) is 6.04 Å². The Morgan fingerprint density at radius 3 is 2.80 bits per heavy atom. The molecule has 0 saturated heterocycles. The highest BCUT2D eigenvalue weighted by Crippen LogP contribution is 2.25. The highest BCUT2D eigenvalue weighted by atomic mass is 16.5. The van der Waals surface area contributed by atoms with Crippen LogP contribution in [0.5, 0.6) is 5.75 Å². The summed E-state index contributed by atoms with van der Waals surface area (Å²) < 4.78 is 10.6. The fraction of sp³-hybridized carbons (Fsp3) is 0.412. The van der Waals surface area contributed by atoms with Crippen molar-refractivity contribution in [3.05, 3.63) is 53.5 Å². The van der Waals surface area contributed by atoms with Gasteiger partial charge in [-0.3, -0.25) is 0 Å². The van der Waals surface area contributed by atoms with E-state index in [2.05, 4.69) is 37.4 Å². The predicted octanol–water partition coefficient (Wildman–Crippen LogP) is 3.88. The lowest BCUT2D eigenvalue weighted by Gasteiger charge is -2.19. The molecule has 0 aliphatic heterocycles. The van der Waals surface area contributed by atoms with E-state index in [0.29, 0.717) is 0 Å². The van der Waals surface area contributed by atoms with Gasteiger partial charge < -0.3 is 14.5 Å². The van der Waals surface area contributed by atoms with Gasteiger partial charge in [0.05, 0.1) is 19.6 Å². The SMILES string of the molecule is CCCNC(Cc1ccoc1)c1ccc(C)c(OC)c1. The molecule has 0 fully saturated rings. The van der Waals surface area contributed by atoms with Crippen LogP contribution in [0.15, 0.2) is 41.2 Å². The van der Waals surface area contributed by atoms with Gasteiger partial charge in [0.25, 0.3) is 0 Å². The molecule has 1 aromatic heterocycles. The van der Waals surface area contributed by atoms with Gasteiger partial charge in [0.2, 0.25) is 0 Å². The molecule has 1 unspecified atom stereocenters. The zero-order chi connectivity index (χ0) is 14.4. The molecule has 0 spiro atoms. The molecule has 3 nitrogen and oxygen atoms in total. The van der Waals surface area contributed by atoms with Crippen molar-refractivity contribution in [2.24, 2.45) is 0 Å². The minimum Gasteiger partial charge on any atom is -0.496 e. The van der Waals surface area contributed by atoms with Crippen molar-refractivity contribution in [1.82, 2.24) is 5.32 Å². The molecule has 1 atom stereocenters. The third-order valence-electron chi connectivity index (χ3n) is 3.50. The summed E-state index contributed by atoms with van der Waals surface area (Å²) >= 11 is 0. The molecule has 1 aromatic carbocycles. The van der Waals surface area contributed by atoms with Gasteiger partial charge in [-0.15, -0.1) is 0 Å². The van der Waals surface area contributed by atoms with Crippen LogP contribution in [0.2, 0.25) is 0 Å². The third kappa shape index (κ3) is 3.64. The van der Waals surface area contributed by atoms with E-state index in [1.54, 1.807) is 13.4 Å². The average molecular weight is 273 g/mol. The second kappa shape index (κ2) is 7.15. The molecule has 0 amide bonds. The van der Waals surface area contributed by atoms with Crippen molar-refractivity contribution in [3.8, 4) is 5.75 Å². The fourth-order valence-electron chi connectivity index (χ4n) is 2.32. The standard InChI is InChI=1S/C17H23NO2/c1-4-8-18-16(10-14-7-9-20-12-14)15-6-5-13(2)17(11-15)19-3/h5-7,9,11-12,16,18H,4,8,10H2,1-3H3. The maximum Gasteiger partial charge on any atom is 0.122 e. The van der Waals surface area contributed by atoms with Crippen LogP contribution in [-0.4, -0.2) is 13.7 Å². The summed E-state index contributed by atoms with van der Waals surface area (Å²) in [4.78, 5) is 0. The number of benzene rings is 1. The van der Waals surface area contributed by atoms with E-state index in [4.69, 9.17) is 9.15 Å². The smallest absolute Gasteiger partial charge is 0.122 e. The van der Waals surface area contributed by atoms with Crippen molar-refractivity contribution in [3.63, 3.8) is 0 Å². The van der Waals surface area contributed by atoms with E-state index in [1.807, 2.05) is 12.3 Å². The Bertz CT molecular complexity index is 520. The van der Waals surface area contributed by atoms with Crippen LogP contribution in [0.4, 0.5) is 0 Å². The van der Waals surface area contributed by atoms with Crippen molar-refractivity contribution in [2.45, 2.75) is 32.7 Å². The minimum atomic E-state index is 0.280. The maximum absolute atomic E-state index is 5.43. The zero-order valence-electron chi connectivity index (χ0n) is 12.5. The molecule has 0 radical (unpaired) electrons. The van der Waals surface area contributed by atoms with E-state index >= 15 is 0 Å². The molecular weight excluding hydrogens is 250 g/mol. The Hall–Kier alpha value is -1.74. The van der Waals surface area contributed by atoms with Crippen molar-refractivity contribution < 1.29 is 9.15 Å². The molecular formula is C17H23NO2. The third-order valence-corrected chi connectivity index (χ3v) is 3.50. The van der Waals surface area contributed by atoms with E-state index in [0.717, 1.165) is 30.7 Å². The van der Waals surface area contributed by atoms with Crippen molar-refractivity contribution in [1.29, 1.82) is 0 Å². The number of hydrogen-bond donors (Lipinski definition) is 1. The number of furan rings is 1. The van der Waals surface area contributed by atoms with Gasteiger partial charge in [0.1, 0.15) is 5.75 Å². The molecule has 2 rings (SSSR count). The first-order chi connectivity index (χ1) is 9.74. The largest absolute Gasteiger partial charge is 0.496 e. The number of aryl methyl sites for hydroxylation is 1. The van der Waals surface area contributed by atoms with Crippen LogP contribution >= 0.6 is 0 Å². The van der Waals surface area contributed by atoms with E-state index < -0.39 is 0 Å². The lowest BCUT2D eigenvalue weighted by Crippen LogP contribution is -2.24. The van der Waals surface area contributed by atoms with Gasteiger partial charge >= 0.3 is 0 Å². The van der Waals surface area contributed by atoms with Crippen LogP contribution in [0.1, 0.15) is 36.1 Å². The highest BCUT2D eigenvalue weighted by molar-refractivity contribution is 5.38. The van der Waals surface area contributed by atoms with Crippen LogP contribution in [-0.2, 0) is 6.42 Å². The highest BCUT2D eigenvalue weighted by Gasteiger charge is 2.14. The summed E-state index contributed by atoms with van der Waals surface area (Å²) in [6.07, 6.45) is 5.57. The predicted molar refractivity (Wildman–Crippen MR) is 81.2 cm³/mol. The summed E-state index contributed by atoms with van der Waals surface area (Å²) in [6.45, 7) is 5.24. The second-order valence-electron chi connectivity index (χ2n) is 5.07. The molecule has 1 N–H and O–H groups in total. The molecule has 0 saturated carbocycles. The Balaban J connectivity index is 2.20.